The first kappa shape index (κ1) is 19.7. The first-order valence-electron chi connectivity index (χ1n) is 9.99. The standard InChI is InChI=1S/C26H27NO/c1-3-20(2)16-17-28-26-14-8-22(9-15-26)18-21-4-10-24(11-5-21)25-12-6-23(19-27)7-13-25/h4-15,20H,3,16-18H2,1-2H3. The number of rotatable bonds is 8. The van der Waals surface area contributed by atoms with Crippen LogP contribution >= 0.6 is 0 Å². The molecule has 0 spiro atoms. The van der Waals surface area contributed by atoms with Crippen molar-refractivity contribution < 1.29 is 4.74 Å². The van der Waals surface area contributed by atoms with Gasteiger partial charge < -0.3 is 4.74 Å². The summed E-state index contributed by atoms with van der Waals surface area (Å²) in [6.45, 7) is 5.26. The van der Waals surface area contributed by atoms with Gasteiger partial charge in [-0.05, 0) is 65.3 Å². The molecule has 3 aromatic rings. The summed E-state index contributed by atoms with van der Waals surface area (Å²) >= 11 is 0. The van der Waals surface area contributed by atoms with Gasteiger partial charge in [0.2, 0.25) is 0 Å². The van der Waals surface area contributed by atoms with Crippen LogP contribution in [0.5, 0.6) is 5.75 Å². The van der Waals surface area contributed by atoms with Crippen LogP contribution in [0.1, 0.15) is 43.4 Å². The van der Waals surface area contributed by atoms with E-state index in [9.17, 15) is 0 Å². The Labute approximate surface area is 168 Å². The molecule has 0 amide bonds. The third kappa shape index (κ3) is 5.47. The van der Waals surface area contributed by atoms with E-state index in [1.54, 1.807) is 0 Å². The normalized spacial score (nSPS) is 11.6. The molecule has 0 aliphatic heterocycles. The predicted octanol–water partition coefficient (Wildman–Crippen LogP) is 6.63. The molecule has 3 rings (SSSR count). The van der Waals surface area contributed by atoms with Gasteiger partial charge in [-0.3, -0.25) is 0 Å². The molecule has 3 aromatic carbocycles. The molecule has 0 saturated carbocycles. The predicted molar refractivity (Wildman–Crippen MR) is 115 cm³/mol. The van der Waals surface area contributed by atoms with Crippen LogP contribution in [0.2, 0.25) is 0 Å². The Hall–Kier alpha value is -3.05. The van der Waals surface area contributed by atoms with Gasteiger partial charge in [0.15, 0.2) is 0 Å². The molecule has 2 nitrogen and oxygen atoms in total. The Bertz CT molecular complexity index is 903. The van der Waals surface area contributed by atoms with Crippen molar-refractivity contribution in [3.8, 4) is 22.9 Å². The van der Waals surface area contributed by atoms with E-state index in [1.807, 2.05) is 24.3 Å². The van der Waals surface area contributed by atoms with Crippen LogP contribution in [0.4, 0.5) is 0 Å². The highest BCUT2D eigenvalue weighted by Crippen LogP contribution is 2.22. The molecule has 28 heavy (non-hydrogen) atoms. The summed E-state index contributed by atoms with van der Waals surface area (Å²) in [5, 5.41) is 8.91. The van der Waals surface area contributed by atoms with E-state index in [4.69, 9.17) is 10.00 Å². The minimum atomic E-state index is 0.688. The van der Waals surface area contributed by atoms with Gasteiger partial charge in [0.1, 0.15) is 5.75 Å². The highest BCUT2D eigenvalue weighted by molar-refractivity contribution is 5.64. The Morgan fingerprint density at radius 3 is 1.89 bits per heavy atom. The lowest BCUT2D eigenvalue weighted by Crippen LogP contribution is -2.03. The van der Waals surface area contributed by atoms with E-state index >= 15 is 0 Å². The number of hydrogen-bond acceptors (Lipinski definition) is 2. The number of nitrogens with zero attached hydrogens (tertiary/aromatic N) is 1. The van der Waals surface area contributed by atoms with Crippen molar-refractivity contribution in [2.45, 2.75) is 33.1 Å². The van der Waals surface area contributed by atoms with E-state index in [0.29, 0.717) is 11.5 Å². The minimum absolute atomic E-state index is 0.688. The Balaban J connectivity index is 1.57. The topological polar surface area (TPSA) is 33.0 Å². The molecule has 0 heterocycles. The molecule has 0 aromatic heterocycles. The molecule has 0 fully saturated rings. The van der Waals surface area contributed by atoms with Gasteiger partial charge in [-0.2, -0.15) is 5.26 Å². The zero-order valence-corrected chi connectivity index (χ0v) is 16.7. The molecule has 0 bridgehead atoms. The maximum atomic E-state index is 8.91. The second kappa shape index (κ2) is 9.76. The largest absolute Gasteiger partial charge is 0.494 e. The van der Waals surface area contributed by atoms with Crippen molar-refractivity contribution in [2.75, 3.05) is 6.61 Å². The summed E-state index contributed by atoms with van der Waals surface area (Å²) in [6, 6.07) is 26.9. The van der Waals surface area contributed by atoms with Gasteiger partial charge in [0.25, 0.3) is 0 Å². The minimum Gasteiger partial charge on any atom is -0.494 e. The molecule has 1 unspecified atom stereocenters. The molecule has 142 valence electrons. The summed E-state index contributed by atoms with van der Waals surface area (Å²) in [7, 11) is 0. The molecule has 0 saturated heterocycles. The summed E-state index contributed by atoms with van der Waals surface area (Å²) in [5.74, 6) is 1.66. The van der Waals surface area contributed by atoms with Crippen molar-refractivity contribution in [1.29, 1.82) is 5.26 Å². The van der Waals surface area contributed by atoms with Crippen LogP contribution in [0.25, 0.3) is 11.1 Å². The fraction of sp³-hybridized carbons (Fsp3) is 0.269. The Morgan fingerprint density at radius 1 is 0.821 bits per heavy atom. The molecular weight excluding hydrogens is 342 g/mol. The monoisotopic (exact) mass is 369 g/mol. The van der Waals surface area contributed by atoms with Crippen molar-refractivity contribution in [3.05, 3.63) is 89.5 Å². The van der Waals surface area contributed by atoms with Crippen LogP contribution < -0.4 is 4.74 Å². The van der Waals surface area contributed by atoms with E-state index in [2.05, 4.69) is 68.4 Å². The number of hydrogen-bond donors (Lipinski definition) is 0. The zero-order valence-electron chi connectivity index (χ0n) is 16.7. The van der Waals surface area contributed by atoms with E-state index in [0.717, 1.165) is 30.8 Å². The molecule has 2 heteroatoms. The maximum absolute atomic E-state index is 8.91. The van der Waals surface area contributed by atoms with E-state index in [1.165, 1.54) is 23.1 Å². The SMILES string of the molecule is CCC(C)CCOc1ccc(Cc2ccc(-c3ccc(C#N)cc3)cc2)cc1. The number of benzene rings is 3. The summed E-state index contributed by atoms with van der Waals surface area (Å²) in [5.41, 5.74) is 5.54. The highest BCUT2D eigenvalue weighted by atomic mass is 16.5. The van der Waals surface area contributed by atoms with Crippen LogP contribution in [0, 0.1) is 17.2 Å². The molecule has 0 aliphatic carbocycles. The fourth-order valence-corrected chi connectivity index (χ4v) is 3.07. The molecular formula is C26H27NO. The van der Waals surface area contributed by atoms with Crippen molar-refractivity contribution >= 4 is 0 Å². The highest BCUT2D eigenvalue weighted by Gasteiger charge is 2.02. The van der Waals surface area contributed by atoms with E-state index < -0.39 is 0 Å². The molecule has 1 atom stereocenters. The second-order valence-corrected chi connectivity index (χ2v) is 7.36. The third-order valence-electron chi connectivity index (χ3n) is 5.21. The lowest BCUT2D eigenvalue weighted by atomic mass is 10.00. The smallest absolute Gasteiger partial charge is 0.119 e. The molecule has 0 aliphatic rings. The van der Waals surface area contributed by atoms with Crippen LogP contribution in [0.15, 0.2) is 72.8 Å². The first-order chi connectivity index (χ1) is 13.7. The van der Waals surface area contributed by atoms with Crippen molar-refractivity contribution in [1.82, 2.24) is 0 Å². The van der Waals surface area contributed by atoms with E-state index in [-0.39, 0.29) is 0 Å². The van der Waals surface area contributed by atoms with Crippen molar-refractivity contribution in [2.24, 2.45) is 5.92 Å². The van der Waals surface area contributed by atoms with Gasteiger partial charge in [0.05, 0.1) is 18.2 Å². The summed E-state index contributed by atoms with van der Waals surface area (Å²) < 4.78 is 5.84. The van der Waals surface area contributed by atoms with Crippen LogP contribution in [0.3, 0.4) is 0 Å². The average molecular weight is 370 g/mol. The van der Waals surface area contributed by atoms with Crippen LogP contribution in [-0.4, -0.2) is 6.61 Å². The average Bonchev–Trinajstić information content (AvgIpc) is 2.75. The first-order valence-corrected chi connectivity index (χ1v) is 9.99. The van der Waals surface area contributed by atoms with Gasteiger partial charge >= 0.3 is 0 Å². The lowest BCUT2D eigenvalue weighted by Gasteiger charge is -2.10. The summed E-state index contributed by atoms with van der Waals surface area (Å²) in [4.78, 5) is 0. The van der Waals surface area contributed by atoms with Crippen LogP contribution in [-0.2, 0) is 6.42 Å². The molecule has 0 N–H and O–H groups in total. The van der Waals surface area contributed by atoms with Gasteiger partial charge in [-0.25, -0.2) is 0 Å². The zero-order chi connectivity index (χ0) is 19.8. The molecule has 0 radical (unpaired) electrons. The maximum Gasteiger partial charge on any atom is 0.119 e. The Morgan fingerprint density at radius 2 is 1.36 bits per heavy atom. The number of ether oxygens (including phenoxy) is 1. The second-order valence-electron chi connectivity index (χ2n) is 7.36. The fourth-order valence-electron chi connectivity index (χ4n) is 3.07. The Kier molecular flexibility index (Phi) is 6.87. The van der Waals surface area contributed by atoms with Gasteiger partial charge in [-0.15, -0.1) is 0 Å². The van der Waals surface area contributed by atoms with Gasteiger partial charge in [0, 0.05) is 0 Å². The summed E-state index contributed by atoms with van der Waals surface area (Å²) in [6.07, 6.45) is 3.21. The quantitative estimate of drug-likeness (QED) is 0.446. The van der Waals surface area contributed by atoms with Gasteiger partial charge in [-0.1, -0.05) is 68.8 Å². The lowest BCUT2D eigenvalue weighted by molar-refractivity contribution is 0.281. The van der Waals surface area contributed by atoms with Crippen molar-refractivity contribution in [3.63, 3.8) is 0 Å². The number of nitriles is 1. The third-order valence-corrected chi connectivity index (χ3v) is 5.21.